The van der Waals surface area contributed by atoms with Gasteiger partial charge in [-0.15, -0.1) is 11.3 Å². The van der Waals surface area contributed by atoms with E-state index in [9.17, 15) is 19.6 Å². The number of Topliss-reactive ketones (excluding diaryl/α,β-unsaturated/α-hetero) is 1. The number of ketones is 1. The van der Waals surface area contributed by atoms with Crippen LogP contribution < -0.4 is 0 Å². The predicted molar refractivity (Wildman–Crippen MR) is 142 cm³/mol. The molecule has 3 heterocycles. The van der Waals surface area contributed by atoms with Gasteiger partial charge >= 0.3 is 11.9 Å². The average Bonchev–Trinajstić information content (AvgIpc) is 3.59. The van der Waals surface area contributed by atoms with E-state index in [0.717, 1.165) is 22.4 Å². The van der Waals surface area contributed by atoms with Crippen LogP contribution in [0.1, 0.15) is 50.1 Å². The number of aromatic nitrogens is 2. The number of fused-ring (bicyclic) bond motifs is 1. The Morgan fingerprint density at radius 1 is 1.13 bits per heavy atom. The maximum atomic E-state index is 13.1. The van der Waals surface area contributed by atoms with Gasteiger partial charge in [-0.3, -0.25) is 4.79 Å². The van der Waals surface area contributed by atoms with E-state index in [-0.39, 0.29) is 35.6 Å². The van der Waals surface area contributed by atoms with E-state index in [1.54, 1.807) is 32.9 Å². The molecule has 1 N–H and O–H groups in total. The summed E-state index contributed by atoms with van der Waals surface area (Å²) in [5, 5.41) is 10.8. The van der Waals surface area contributed by atoms with Gasteiger partial charge in [0.25, 0.3) is 0 Å². The first-order chi connectivity index (χ1) is 18.3. The minimum absolute atomic E-state index is 0.131. The number of nitrogens with one attached hydrogen (secondary N) is 1. The Morgan fingerprint density at radius 2 is 1.87 bits per heavy atom. The van der Waals surface area contributed by atoms with Crippen LogP contribution in [0, 0.1) is 18.3 Å². The van der Waals surface area contributed by atoms with E-state index in [1.807, 2.05) is 30.3 Å². The number of carbonyl (C=O) groups is 3. The minimum atomic E-state index is -0.639. The highest BCUT2D eigenvalue weighted by atomic mass is 32.2. The van der Waals surface area contributed by atoms with E-state index in [0.29, 0.717) is 26.4 Å². The third-order valence-electron chi connectivity index (χ3n) is 5.36. The molecule has 3 aromatic heterocycles. The molecule has 0 unspecified atom stereocenters. The average molecular weight is 550 g/mol. The lowest BCUT2D eigenvalue weighted by atomic mass is 10.0. The maximum Gasteiger partial charge on any atom is 0.348 e. The number of rotatable bonds is 10. The zero-order valence-electron chi connectivity index (χ0n) is 20.8. The summed E-state index contributed by atoms with van der Waals surface area (Å²) in [5.74, 6) is -1.44. The summed E-state index contributed by atoms with van der Waals surface area (Å²) in [6.07, 6.45) is 1.08. The van der Waals surface area contributed by atoms with Crippen LogP contribution in [0.5, 0.6) is 0 Å². The first kappa shape index (κ1) is 26.9. The summed E-state index contributed by atoms with van der Waals surface area (Å²) in [5.41, 5.74) is 2.11. The fraction of sp³-hybridized carbons (Fsp3) is 0.222. The molecule has 0 radical (unpaired) electrons. The summed E-state index contributed by atoms with van der Waals surface area (Å²) in [6, 6.07) is 12.9. The van der Waals surface area contributed by atoms with Crippen LogP contribution in [0.3, 0.4) is 0 Å². The van der Waals surface area contributed by atoms with Crippen LogP contribution in [-0.2, 0) is 20.7 Å². The highest BCUT2D eigenvalue weighted by Gasteiger charge is 2.28. The highest BCUT2D eigenvalue weighted by Crippen LogP contribution is 2.32. The van der Waals surface area contributed by atoms with Gasteiger partial charge in [0.05, 0.1) is 35.4 Å². The fourth-order valence-electron chi connectivity index (χ4n) is 3.66. The molecular formula is C27H23N3O6S2. The molecule has 0 bridgehead atoms. The SMILES string of the molecule is CCOC(=O)c1sc(CC(=O)/C(C#N)=C/c2ccc(Sc3nc4ccccc4[nH]3)o2)c(C(=O)OCC)c1C. The van der Waals surface area contributed by atoms with Crippen LogP contribution in [0.15, 0.2) is 56.6 Å². The number of ether oxygens (including phenoxy) is 2. The first-order valence-electron chi connectivity index (χ1n) is 11.7. The molecule has 1 aromatic carbocycles. The number of hydrogen-bond acceptors (Lipinski definition) is 10. The van der Waals surface area contributed by atoms with E-state index >= 15 is 0 Å². The Kier molecular flexibility index (Phi) is 8.45. The van der Waals surface area contributed by atoms with Crippen molar-refractivity contribution < 1.29 is 28.3 Å². The molecule has 9 nitrogen and oxygen atoms in total. The number of allylic oxidation sites excluding steroid dienone is 1. The van der Waals surface area contributed by atoms with Gasteiger partial charge in [-0.2, -0.15) is 5.26 Å². The van der Waals surface area contributed by atoms with Gasteiger partial charge in [0.15, 0.2) is 16.0 Å². The molecule has 0 fully saturated rings. The zero-order chi connectivity index (χ0) is 27.2. The third-order valence-corrected chi connectivity index (χ3v) is 7.43. The number of esters is 2. The third kappa shape index (κ3) is 5.88. The summed E-state index contributed by atoms with van der Waals surface area (Å²) < 4.78 is 16.0. The number of thiophene rings is 1. The Balaban J connectivity index is 1.55. The lowest BCUT2D eigenvalue weighted by Crippen LogP contribution is -2.12. The number of benzene rings is 1. The van der Waals surface area contributed by atoms with Crippen molar-refractivity contribution in [1.82, 2.24) is 9.97 Å². The van der Waals surface area contributed by atoms with E-state index in [1.165, 1.54) is 17.8 Å². The van der Waals surface area contributed by atoms with Crippen molar-refractivity contribution >= 4 is 57.9 Å². The molecule has 11 heteroatoms. The number of H-pyrrole nitrogens is 1. The normalized spacial score (nSPS) is 11.4. The summed E-state index contributed by atoms with van der Waals surface area (Å²) in [7, 11) is 0. The Morgan fingerprint density at radius 3 is 2.58 bits per heavy atom. The fourth-order valence-corrected chi connectivity index (χ4v) is 5.61. The summed E-state index contributed by atoms with van der Waals surface area (Å²) in [4.78, 5) is 46.3. The van der Waals surface area contributed by atoms with Gasteiger partial charge in [0, 0.05) is 17.4 Å². The number of nitriles is 1. The number of furan rings is 1. The molecule has 0 aliphatic heterocycles. The summed E-state index contributed by atoms with van der Waals surface area (Å²) >= 11 is 2.26. The highest BCUT2D eigenvalue weighted by molar-refractivity contribution is 7.99. The number of aromatic amines is 1. The first-order valence-corrected chi connectivity index (χ1v) is 13.3. The van der Waals surface area contributed by atoms with Gasteiger partial charge in [-0.1, -0.05) is 12.1 Å². The minimum Gasteiger partial charge on any atom is -0.462 e. The Hall–Kier alpha value is -4.14. The smallest absolute Gasteiger partial charge is 0.348 e. The van der Waals surface area contributed by atoms with Crippen molar-refractivity contribution in [3.63, 3.8) is 0 Å². The van der Waals surface area contributed by atoms with Gasteiger partial charge in [0.1, 0.15) is 16.7 Å². The number of carbonyl (C=O) groups excluding carboxylic acids is 3. The van der Waals surface area contributed by atoms with Crippen LogP contribution in [0.2, 0.25) is 0 Å². The largest absolute Gasteiger partial charge is 0.462 e. The molecule has 0 aliphatic rings. The van der Waals surface area contributed by atoms with Gasteiger partial charge < -0.3 is 18.9 Å². The second-order valence-corrected chi connectivity index (χ2v) is 9.98. The van der Waals surface area contributed by atoms with Crippen LogP contribution in [0.4, 0.5) is 0 Å². The lowest BCUT2D eigenvalue weighted by molar-refractivity contribution is -0.114. The number of imidazole rings is 1. The van der Waals surface area contributed by atoms with Gasteiger partial charge in [-0.25, -0.2) is 14.6 Å². The number of hydrogen-bond donors (Lipinski definition) is 1. The zero-order valence-corrected chi connectivity index (χ0v) is 22.5. The van der Waals surface area contributed by atoms with Gasteiger partial charge in [0.2, 0.25) is 0 Å². The molecule has 0 aliphatic carbocycles. The van der Waals surface area contributed by atoms with E-state index < -0.39 is 17.7 Å². The van der Waals surface area contributed by atoms with E-state index in [4.69, 9.17) is 13.9 Å². The van der Waals surface area contributed by atoms with Crippen LogP contribution in [0.25, 0.3) is 17.1 Å². The monoisotopic (exact) mass is 549 g/mol. The molecule has 0 saturated heterocycles. The standard InChI is InChI=1S/C27H23N3O6S2/c1-4-34-25(32)23-15(3)24(26(33)35-5-2)37-21(23)13-20(31)16(14-28)12-17-10-11-22(36-17)38-27-29-18-8-6-7-9-19(18)30-27/h6-12H,4-5,13H2,1-3H3,(H,29,30)/b16-12+. The molecule has 0 saturated carbocycles. The number of para-hydroxylation sites is 2. The Labute approximate surface area is 226 Å². The topological polar surface area (TPSA) is 135 Å². The molecule has 0 atom stereocenters. The van der Waals surface area contributed by atoms with E-state index in [2.05, 4.69) is 9.97 Å². The maximum absolute atomic E-state index is 13.1. The molecule has 38 heavy (non-hydrogen) atoms. The molecule has 0 spiro atoms. The lowest BCUT2D eigenvalue weighted by Gasteiger charge is -2.05. The van der Waals surface area contributed by atoms with Crippen molar-refractivity contribution in [2.24, 2.45) is 0 Å². The van der Waals surface area contributed by atoms with Crippen LogP contribution >= 0.6 is 23.1 Å². The van der Waals surface area contributed by atoms with Gasteiger partial charge in [-0.05, 0) is 62.4 Å². The van der Waals surface area contributed by atoms with Crippen LogP contribution in [-0.4, -0.2) is 40.9 Å². The molecule has 4 rings (SSSR count). The molecular weight excluding hydrogens is 526 g/mol. The predicted octanol–water partition coefficient (Wildman–Crippen LogP) is 5.75. The summed E-state index contributed by atoms with van der Waals surface area (Å²) in [6.45, 7) is 5.24. The molecule has 194 valence electrons. The number of nitrogens with zero attached hydrogens (tertiary/aromatic N) is 2. The van der Waals surface area contributed by atoms with Crippen molar-refractivity contribution in [3.8, 4) is 6.07 Å². The van der Waals surface area contributed by atoms with Crippen molar-refractivity contribution in [1.29, 1.82) is 5.26 Å². The second kappa shape index (κ2) is 11.9. The van der Waals surface area contributed by atoms with Crippen molar-refractivity contribution in [2.45, 2.75) is 37.4 Å². The quantitative estimate of drug-likeness (QED) is 0.149. The second-order valence-electron chi connectivity index (χ2n) is 7.88. The molecule has 4 aromatic rings. The molecule has 0 amide bonds. The Bertz CT molecular complexity index is 1550. The van der Waals surface area contributed by atoms with Crippen molar-refractivity contribution in [2.75, 3.05) is 13.2 Å². The van der Waals surface area contributed by atoms with Crippen molar-refractivity contribution in [3.05, 3.63) is 68.6 Å².